The van der Waals surface area contributed by atoms with Crippen LogP contribution in [-0.4, -0.2) is 4.98 Å². The number of allylic oxidation sites excluding steroid dienone is 1. The van der Waals surface area contributed by atoms with Crippen LogP contribution in [0.15, 0.2) is 85.2 Å². The third kappa shape index (κ3) is 2.79. The van der Waals surface area contributed by atoms with Gasteiger partial charge < -0.3 is 0 Å². The van der Waals surface area contributed by atoms with Crippen molar-refractivity contribution >= 4 is 11.1 Å². The van der Waals surface area contributed by atoms with E-state index in [-0.39, 0.29) is 0 Å². The fraction of sp³-hybridized carbons (Fsp3) is 0. The van der Waals surface area contributed by atoms with Gasteiger partial charge in [0, 0.05) is 23.5 Å². The maximum atomic E-state index is 9.74. The predicted molar refractivity (Wildman–Crippen MR) is 88.7 cm³/mol. The van der Waals surface area contributed by atoms with Gasteiger partial charge in [0.2, 0.25) is 0 Å². The Morgan fingerprint density at radius 3 is 1.86 bits per heavy atom. The van der Waals surface area contributed by atoms with Gasteiger partial charge in [-0.1, -0.05) is 66.7 Å². The van der Waals surface area contributed by atoms with E-state index in [2.05, 4.69) is 11.1 Å². The van der Waals surface area contributed by atoms with E-state index in [1.807, 2.05) is 72.8 Å². The molecule has 0 bridgehead atoms. The highest BCUT2D eigenvalue weighted by Gasteiger charge is 2.13. The number of nitriles is 1. The van der Waals surface area contributed by atoms with Crippen molar-refractivity contribution in [3.63, 3.8) is 0 Å². The van der Waals surface area contributed by atoms with E-state index in [9.17, 15) is 5.26 Å². The molecule has 2 aromatic carbocycles. The van der Waals surface area contributed by atoms with E-state index in [0.717, 1.165) is 22.3 Å². The van der Waals surface area contributed by atoms with Gasteiger partial charge in [-0.3, -0.25) is 4.98 Å². The molecule has 2 heteroatoms. The van der Waals surface area contributed by atoms with Crippen molar-refractivity contribution in [3.05, 3.63) is 102 Å². The molecule has 0 saturated heterocycles. The molecule has 0 fully saturated rings. The van der Waals surface area contributed by atoms with Crippen molar-refractivity contribution in [1.82, 2.24) is 4.98 Å². The lowest BCUT2D eigenvalue weighted by Gasteiger charge is -2.11. The molecular formula is C20H14N2. The first kappa shape index (κ1) is 13.8. The van der Waals surface area contributed by atoms with Crippen molar-refractivity contribution in [2.24, 2.45) is 0 Å². The summed E-state index contributed by atoms with van der Waals surface area (Å²) in [4.78, 5) is 4.20. The molecule has 2 nitrogen and oxygen atoms in total. The summed E-state index contributed by atoms with van der Waals surface area (Å²) >= 11 is 0. The van der Waals surface area contributed by atoms with E-state index in [1.165, 1.54) is 0 Å². The standard InChI is InChI=1S/C20H14N2/c21-14-19(16-8-3-1-4-9-16)20(17-10-5-2-6-11-17)18-12-7-13-22-15-18/h1-13,15H. The summed E-state index contributed by atoms with van der Waals surface area (Å²) in [6.45, 7) is 0. The van der Waals surface area contributed by atoms with Crippen molar-refractivity contribution in [2.75, 3.05) is 0 Å². The molecule has 0 radical (unpaired) electrons. The van der Waals surface area contributed by atoms with Crippen LogP contribution in [0, 0.1) is 11.3 Å². The van der Waals surface area contributed by atoms with Gasteiger partial charge in [0.05, 0.1) is 5.57 Å². The second-order valence-electron chi connectivity index (χ2n) is 4.84. The first-order chi connectivity index (χ1) is 10.9. The molecule has 0 aliphatic carbocycles. The largest absolute Gasteiger partial charge is 0.264 e. The first-order valence-corrected chi connectivity index (χ1v) is 7.06. The summed E-state index contributed by atoms with van der Waals surface area (Å²) < 4.78 is 0. The second kappa shape index (κ2) is 6.51. The Labute approximate surface area is 130 Å². The number of aromatic nitrogens is 1. The average Bonchev–Trinajstić information content (AvgIpc) is 2.62. The highest BCUT2D eigenvalue weighted by molar-refractivity contribution is 6.03. The van der Waals surface area contributed by atoms with Crippen LogP contribution in [-0.2, 0) is 0 Å². The minimum atomic E-state index is 0.653. The molecule has 1 aromatic heterocycles. The van der Waals surface area contributed by atoms with Crippen LogP contribution in [0.25, 0.3) is 11.1 Å². The molecule has 0 aliphatic rings. The Kier molecular flexibility index (Phi) is 4.08. The van der Waals surface area contributed by atoms with Gasteiger partial charge in [0.25, 0.3) is 0 Å². The van der Waals surface area contributed by atoms with E-state index < -0.39 is 0 Å². The third-order valence-corrected chi connectivity index (χ3v) is 3.44. The first-order valence-electron chi connectivity index (χ1n) is 7.06. The summed E-state index contributed by atoms with van der Waals surface area (Å²) in [5, 5.41) is 9.74. The summed E-state index contributed by atoms with van der Waals surface area (Å²) in [5.41, 5.74) is 4.42. The van der Waals surface area contributed by atoms with Crippen LogP contribution < -0.4 is 0 Å². The average molecular weight is 282 g/mol. The number of benzene rings is 2. The molecule has 0 spiro atoms. The van der Waals surface area contributed by atoms with Crippen LogP contribution in [0.5, 0.6) is 0 Å². The Hall–Kier alpha value is -3.18. The molecular weight excluding hydrogens is 268 g/mol. The molecule has 104 valence electrons. The number of rotatable bonds is 3. The predicted octanol–water partition coefficient (Wildman–Crippen LogP) is 4.56. The van der Waals surface area contributed by atoms with Gasteiger partial charge in [-0.05, 0) is 17.2 Å². The number of hydrogen-bond donors (Lipinski definition) is 0. The minimum Gasteiger partial charge on any atom is -0.264 e. The van der Waals surface area contributed by atoms with Crippen LogP contribution in [0.2, 0.25) is 0 Å². The van der Waals surface area contributed by atoms with Crippen molar-refractivity contribution in [2.45, 2.75) is 0 Å². The van der Waals surface area contributed by atoms with E-state index in [0.29, 0.717) is 5.57 Å². The Morgan fingerprint density at radius 2 is 1.32 bits per heavy atom. The van der Waals surface area contributed by atoms with Crippen molar-refractivity contribution in [1.29, 1.82) is 5.26 Å². The molecule has 0 unspecified atom stereocenters. The monoisotopic (exact) mass is 282 g/mol. The lowest BCUT2D eigenvalue weighted by Crippen LogP contribution is -1.94. The zero-order valence-corrected chi connectivity index (χ0v) is 12.0. The molecule has 1 heterocycles. The van der Waals surface area contributed by atoms with E-state index >= 15 is 0 Å². The van der Waals surface area contributed by atoms with Gasteiger partial charge in [0.15, 0.2) is 0 Å². The Bertz CT molecular complexity index is 772. The molecule has 3 aromatic rings. The fourth-order valence-electron chi connectivity index (χ4n) is 2.44. The molecule has 3 rings (SSSR count). The highest BCUT2D eigenvalue weighted by atomic mass is 14.6. The van der Waals surface area contributed by atoms with Gasteiger partial charge in [0.1, 0.15) is 6.07 Å². The quantitative estimate of drug-likeness (QED) is 0.521. The molecule has 0 N–H and O–H groups in total. The summed E-state index contributed by atoms with van der Waals surface area (Å²) in [7, 11) is 0. The highest BCUT2D eigenvalue weighted by Crippen LogP contribution is 2.31. The van der Waals surface area contributed by atoms with Gasteiger partial charge >= 0.3 is 0 Å². The van der Waals surface area contributed by atoms with Gasteiger partial charge in [-0.2, -0.15) is 5.26 Å². The summed E-state index contributed by atoms with van der Waals surface area (Å²) in [5.74, 6) is 0. The lowest BCUT2D eigenvalue weighted by atomic mass is 9.91. The molecule has 22 heavy (non-hydrogen) atoms. The van der Waals surface area contributed by atoms with E-state index in [4.69, 9.17) is 0 Å². The zero-order chi connectivity index (χ0) is 15.2. The topological polar surface area (TPSA) is 36.7 Å². The summed E-state index contributed by atoms with van der Waals surface area (Å²) in [6.07, 6.45) is 3.53. The SMILES string of the molecule is N#CC(=C(c1ccccc1)c1cccnc1)c1ccccc1. The molecule has 0 atom stereocenters. The van der Waals surface area contributed by atoms with Crippen LogP contribution >= 0.6 is 0 Å². The molecule has 0 aliphatic heterocycles. The van der Waals surface area contributed by atoms with Crippen molar-refractivity contribution < 1.29 is 0 Å². The van der Waals surface area contributed by atoms with Crippen molar-refractivity contribution in [3.8, 4) is 6.07 Å². The fourth-order valence-corrected chi connectivity index (χ4v) is 2.44. The zero-order valence-electron chi connectivity index (χ0n) is 12.0. The van der Waals surface area contributed by atoms with Crippen LogP contribution in [0.1, 0.15) is 16.7 Å². The van der Waals surface area contributed by atoms with Crippen LogP contribution in [0.3, 0.4) is 0 Å². The minimum absolute atomic E-state index is 0.653. The summed E-state index contributed by atoms with van der Waals surface area (Å²) in [6, 6.07) is 25.9. The van der Waals surface area contributed by atoms with Crippen LogP contribution in [0.4, 0.5) is 0 Å². The van der Waals surface area contributed by atoms with Gasteiger partial charge in [-0.15, -0.1) is 0 Å². The maximum Gasteiger partial charge on any atom is 0.100 e. The third-order valence-electron chi connectivity index (χ3n) is 3.44. The van der Waals surface area contributed by atoms with E-state index in [1.54, 1.807) is 12.4 Å². The van der Waals surface area contributed by atoms with Gasteiger partial charge in [-0.25, -0.2) is 0 Å². The molecule has 0 saturated carbocycles. The Balaban J connectivity index is 2.30. The number of hydrogen-bond acceptors (Lipinski definition) is 2. The number of pyridine rings is 1. The molecule has 0 amide bonds. The smallest absolute Gasteiger partial charge is 0.100 e. The lowest BCUT2D eigenvalue weighted by molar-refractivity contribution is 1.31. The number of nitrogens with zero attached hydrogens (tertiary/aromatic N) is 2. The maximum absolute atomic E-state index is 9.74. The normalized spacial score (nSPS) is 11.4. The second-order valence-corrected chi connectivity index (χ2v) is 4.84. The Morgan fingerprint density at radius 1 is 0.727 bits per heavy atom.